The SMILES string of the molecule is O=C(NCC1(CN2CCOCC2)CCCCC1)c1ccccc1-n1ccnn1. The first kappa shape index (κ1) is 19.1. The molecule has 2 aromatic rings. The molecule has 1 aliphatic heterocycles. The van der Waals surface area contributed by atoms with Crippen LogP contribution in [0.3, 0.4) is 0 Å². The molecule has 7 heteroatoms. The smallest absolute Gasteiger partial charge is 0.253 e. The maximum absolute atomic E-state index is 13.0. The van der Waals surface area contributed by atoms with Gasteiger partial charge in [0, 0.05) is 31.6 Å². The van der Waals surface area contributed by atoms with Crippen LogP contribution in [0.4, 0.5) is 0 Å². The Hall–Kier alpha value is -2.25. The molecule has 1 saturated carbocycles. The van der Waals surface area contributed by atoms with Gasteiger partial charge in [0.1, 0.15) is 0 Å². The van der Waals surface area contributed by atoms with Crippen LogP contribution in [0.15, 0.2) is 36.7 Å². The first-order valence-corrected chi connectivity index (χ1v) is 10.3. The molecule has 2 aliphatic rings. The lowest BCUT2D eigenvalue weighted by Gasteiger charge is -2.42. The minimum atomic E-state index is -0.0435. The number of hydrogen-bond acceptors (Lipinski definition) is 5. The van der Waals surface area contributed by atoms with Gasteiger partial charge in [-0.15, -0.1) is 5.10 Å². The lowest BCUT2D eigenvalue weighted by atomic mass is 9.73. The Labute approximate surface area is 166 Å². The molecule has 0 bridgehead atoms. The topological polar surface area (TPSA) is 72.3 Å². The number of nitrogens with one attached hydrogen (secondary N) is 1. The number of morpholine rings is 1. The molecule has 1 aromatic heterocycles. The molecule has 7 nitrogen and oxygen atoms in total. The number of amides is 1. The predicted molar refractivity (Wildman–Crippen MR) is 106 cm³/mol. The number of benzene rings is 1. The Morgan fingerprint density at radius 1 is 1.14 bits per heavy atom. The number of para-hydroxylation sites is 1. The molecule has 2 fully saturated rings. The highest BCUT2D eigenvalue weighted by Crippen LogP contribution is 2.37. The summed E-state index contributed by atoms with van der Waals surface area (Å²) in [6, 6.07) is 7.55. The van der Waals surface area contributed by atoms with Gasteiger partial charge in [0.15, 0.2) is 0 Å². The van der Waals surface area contributed by atoms with Crippen LogP contribution in [0.25, 0.3) is 5.69 Å². The summed E-state index contributed by atoms with van der Waals surface area (Å²) in [5.41, 5.74) is 1.54. The third-order valence-electron chi connectivity index (χ3n) is 6.02. The van der Waals surface area contributed by atoms with E-state index in [1.807, 2.05) is 24.3 Å². The fourth-order valence-corrected chi connectivity index (χ4v) is 4.49. The summed E-state index contributed by atoms with van der Waals surface area (Å²) >= 11 is 0. The summed E-state index contributed by atoms with van der Waals surface area (Å²) in [5.74, 6) is -0.0435. The van der Waals surface area contributed by atoms with E-state index in [0.717, 1.165) is 45.1 Å². The van der Waals surface area contributed by atoms with Crippen LogP contribution in [-0.2, 0) is 4.74 Å². The average molecular weight is 383 g/mol. The van der Waals surface area contributed by atoms with Crippen LogP contribution < -0.4 is 5.32 Å². The number of aromatic nitrogens is 3. The second-order valence-electron chi connectivity index (χ2n) is 8.00. The van der Waals surface area contributed by atoms with Crippen molar-refractivity contribution in [1.29, 1.82) is 0 Å². The molecule has 1 saturated heterocycles. The molecule has 0 radical (unpaired) electrons. The van der Waals surface area contributed by atoms with Crippen molar-refractivity contribution < 1.29 is 9.53 Å². The first-order chi connectivity index (χ1) is 13.8. The molecule has 28 heavy (non-hydrogen) atoms. The van der Waals surface area contributed by atoms with E-state index in [4.69, 9.17) is 4.74 Å². The summed E-state index contributed by atoms with van der Waals surface area (Å²) in [7, 11) is 0. The largest absolute Gasteiger partial charge is 0.379 e. The number of hydrogen-bond donors (Lipinski definition) is 1. The monoisotopic (exact) mass is 383 g/mol. The fourth-order valence-electron chi connectivity index (χ4n) is 4.49. The Bertz CT molecular complexity index is 765. The summed E-state index contributed by atoms with van der Waals surface area (Å²) in [6.45, 7) is 5.37. The number of rotatable bonds is 6. The van der Waals surface area contributed by atoms with Crippen molar-refractivity contribution in [3.8, 4) is 5.69 Å². The highest BCUT2D eigenvalue weighted by atomic mass is 16.5. The van der Waals surface area contributed by atoms with Crippen molar-refractivity contribution in [2.45, 2.75) is 32.1 Å². The molecule has 1 N–H and O–H groups in total. The van der Waals surface area contributed by atoms with Crippen molar-refractivity contribution in [3.05, 3.63) is 42.2 Å². The zero-order chi connectivity index (χ0) is 19.2. The van der Waals surface area contributed by atoms with E-state index in [-0.39, 0.29) is 11.3 Å². The zero-order valence-electron chi connectivity index (χ0n) is 16.3. The normalized spacial score (nSPS) is 20.0. The lowest BCUT2D eigenvalue weighted by Crippen LogP contribution is -2.49. The second-order valence-corrected chi connectivity index (χ2v) is 8.00. The fraction of sp³-hybridized carbons (Fsp3) is 0.571. The van der Waals surface area contributed by atoms with Gasteiger partial charge < -0.3 is 10.1 Å². The van der Waals surface area contributed by atoms with Crippen LogP contribution in [0.1, 0.15) is 42.5 Å². The van der Waals surface area contributed by atoms with Gasteiger partial charge in [-0.25, -0.2) is 4.68 Å². The van der Waals surface area contributed by atoms with E-state index in [1.54, 1.807) is 17.1 Å². The molecular weight excluding hydrogens is 354 g/mol. The molecule has 0 atom stereocenters. The van der Waals surface area contributed by atoms with E-state index in [0.29, 0.717) is 5.56 Å². The molecular formula is C21H29N5O2. The lowest BCUT2D eigenvalue weighted by molar-refractivity contribution is 0.00728. The van der Waals surface area contributed by atoms with Crippen molar-refractivity contribution >= 4 is 5.91 Å². The third kappa shape index (κ3) is 4.42. The molecule has 150 valence electrons. The molecule has 4 rings (SSSR count). The van der Waals surface area contributed by atoms with Gasteiger partial charge >= 0.3 is 0 Å². The predicted octanol–water partition coefficient (Wildman–Crippen LogP) is 2.28. The van der Waals surface area contributed by atoms with Crippen molar-refractivity contribution in [2.24, 2.45) is 5.41 Å². The third-order valence-corrected chi connectivity index (χ3v) is 6.02. The minimum Gasteiger partial charge on any atom is -0.379 e. The molecule has 1 aromatic carbocycles. The first-order valence-electron chi connectivity index (χ1n) is 10.3. The van der Waals surface area contributed by atoms with Crippen LogP contribution in [0, 0.1) is 5.41 Å². The number of carbonyl (C=O) groups is 1. The average Bonchev–Trinajstić information content (AvgIpc) is 3.28. The van der Waals surface area contributed by atoms with Gasteiger partial charge in [0.2, 0.25) is 0 Å². The molecule has 0 spiro atoms. The van der Waals surface area contributed by atoms with Gasteiger partial charge in [0.05, 0.1) is 36.9 Å². The van der Waals surface area contributed by atoms with Crippen LogP contribution in [0.2, 0.25) is 0 Å². The van der Waals surface area contributed by atoms with E-state index in [2.05, 4.69) is 20.5 Å². The Kier molecular flexibility index (Phi) is 6.02. The van der Waals surface area contributed by atoms with Gasteiger partial charge in [-0.2, -0.15) is 0 Å². The highest BCUT2D eigenvalue weighted by molar-refractivity contribution is 5.97. The Morgan fingerprint density at radius 2 is 1.93 bits per heavy atom. The summed E-state index contributed by atoms with van der Waals surface area (Å²) < 4.78 is 7.14. The van der Waals surface area contributed by atoms with Crippen molar-refractivity contribution in [2.75, 3.05) is 39.4 Å². The maximum Gasteiger partial charge on any atom is 0.253 e. The van der Waals surface area contributed by atoms with Gasteiger partial charge in [-0.3, -0.25) is 9.69 Å². The van der Waals surface area contributed by atoms with Gasteiger partial charge in [0.25, 0.3) is 5.91 Å². The van der Waals surface area contributed by atoms with Crippen LogP contribution >= 0.6 is 0 Å². The van der Waals surface area contributed by atoms with Crippen LogP contribution in [0.5, 0.6) is 0 Å². The number of ether oxygens (including phenoxy) is 1. The van der Waals surface area contributed by atoms with Crippen LogP contribution in [-0.4, -0.2) is 65.2 Å². The molecule has 2 heterocycles. The van der Waals surface area contributed by atoms with Crippen molar-refractivity contribution in [1.82, 2.24) is 25.2 Å². The summed E-state index contributed by atoms with van der Waals surface area (Å²) in [4.78, 5) is 15.5. The Balaban J connectivity index is 1.46. The number of nitrogens with zero attached hydrogens (tertiary/aromatic N) is 4. The summed E-state index contributed by atoms with van der Waals surface area (Å²) in [5, 5.41) is 11.1. The maximum atomic E-state index is 13.0. The molecule has 1 aliphatic carbocycles. The summed E-state index contributed by atoms with van der Waals surface area (Å²) in [6.07, 6.45) is 9.52. The minimum absolute atomic E-state index is 0.0435. The standard InChI is InChI=1S/C21H29N5O2/c27-20(18-6-2-3-7-19(18)26-11-10-23-24-26)22-16-21(8-4-1-5-9-21)17-25-12-14-28-15-13-25/h2-3,6-7,10-11H,1,4-5,8-9,12-17H2,(H,22,27). The zero-order valence-corrected chi connectivity index (χ0v) is 16.3. The van der Waals surface area contributed by atoms with Gasteiger partial charge in [-0.05, 0) is 25.0 Å². The van der Waals surface area contributed by atoms with E-state index in [9.17, 15) is 4.79 Å². The van der Waals surface area contributed by atoms with Gasteiger partial charge in [-0.1, -0.05) is 36.6 Å². The quantitative estimate of drug-likeness (QED) is 0.829. The molecule has 1 amide bonds. The number of carbonyl (C=O) groups excluding carboxylic acids is 1. The van der Waals surface area contributed by atoms with E-state index >= 15 is 0 Å². The van der Waals surface area contributed by atoms with E-state index < -0.39 is 0 Å². The van der Waals surface area contributed by atoms with Crippen molar-refractivity contribution in [3.63, 3.8) is 0 Å². The molecule has 0 unspecified atom stereocenters. The highest BCUT2D eigenvalue weighted by Gasteiger charge is 2.35. The Morgan fingerprint density at radius 3 is 2.68 bits per heavy atom. The second kappa shape index (κ2) is 8.84. The van der Waals surface area contributed by atoms with E-state index in [1.165, 1.54) is 32.1 Å².